The lowest BCUT2D eigenvalue weighted by molar-refractivity contribution is 0.0996. The van der Waals surface area contributed by atoms with Gasteiger partial charge in [-0.15, -0.1) is 0 Å². The Bertz CT molecular complexity index is 1060. The van der Waals surface area contributed by atoms with Gasteiger partial charge in [0.05, 0.1) is 32.6 Å². The number of fused-ring (bicyclic) bond motifs is 1. The molecule has 0 atom stereocenters. The molecule has 0 radical (unpaired) electrons. The molecule has 160 valence electrons. The molecule has 30 heavy (non-hydrogen) atoms. The lowest BCUT2D eigenvalue weighted by Crippen LogP contribution is -2.23. The van der Waals surface area contributed by atoms with Crippen molar-refractivity contribution in [1.82, 2.24) is 0 Å². The van der Waals surface area contributed by atoms with Crippen LogP contribution >= 0.6 is 0 Å². The van der Waals surface area contributed by atoms with Crippen LogP contribution in [-0.2, 0) is 27.5 Å². The molecular weight excluding hydrogens is 406 g/mol. The Morgan fingerprint density at radius 1 is 1.07 bits per heavy atom. The van der Waals surface area contributed by atoms with Gasteiger partial charge in [0.25, 0.3) is 16.0 Å². The zero-order chi connectivity index (χ0) is 21.3. The van der Waals surface area contributed by atoms with E-state index in [1.807, 2.05) is 24.3 Å². The molecule has 7 nitrogen and oxygen atoms in total. The molecule has 8 heteroatoms. The van der Waals surface area contributed by atoms with E-state index in [4.69, 9.17) is 13.7 Å². The zero-order valence-corrected chi connectivity index (χ0v) is 17.9. The lowest BCUT2D eigenvalue weighted by atomic mass is 10.1. The molecule has 2 aromatic carbocycles. The summed E-state index contributed by atoms with van der Waals surface area (Å²) in [5.41, 5.74) is 2.81. The maximum atomic E-state index is 13.1. The Kier molecular flexibility index (Phi) is 5.71. The fraction of sp³-hybridized carbons (Fsp3) is 0.409. The summed E-state index contributed by atoms with van der Waals surface area (Å²) in [6.45, 7) is 0.345. The summed E-state index contributed by atoms with van der Waals surface area (Å²) in [4.78, 5) is 14.7. The number of hydrogen-bond acceptors (Lipinski definition) is 6. The molecule has 0 aromatic heterocycles. The average molecular weight is 432 g/mol. The van der Waals surface area contributed by atoms with Crippen LogP contribution in [0.4, 0.5) is 5.69 Å². The number of nitrogens with zero attached hydrogens (tertiary/aromatic N) is 1. The first kappa shape index (κ1) is 20.7. The van der Waals surface area contributed by atoms with Gasteiger partial charge in [-0.3, -0.25) is 8.98 Å². The minimum Gasteiger partial charge on any atom is -0.493 e. The summed E-state index contributed by atoms with van der Waals surface area (Å²) in [5.74, 6) is 1.16. The van der Waals surface area contributed by atoms with Crippen molar-refractivity contribution in [3.8, 4) is 11.5 Å². The molecule has 1 heterocycles. The zero-order valence-electron chi connectivity index (χ0n) is 17.1. The highest BCUT2D eigenvalue weighted by Gasteiger charge is 2.30. The highest BCUT2D eigenvalue weighted by atomic mass is 32.2. The number of methoxy groups -OCH3 is 1. The number of rotatable bonds is 7. The minimum absolute atomic E-state index is 0.0959. The van der Waals surface area contributed by atoms with Crippen molar-refractivity contribution >= 4 is 21.7 Å². The van der Waals surface area contributed by atoms with Gasteiger partial charge in [0.1, 0.15) is 0 Å². The van der Waals surface area contributed by atoms with Crippen LogP contribution in [0.5, 0.6) is 11.5 Å². The molecule has 4 rings (SSSR count). The Hall–Kier alpha value is -2.58. The minimum atomic E-state index is -3.55. The Morgan fingerprint density at radius 3 is 2.53 bits per heavy atom. The molecule has 0 unspecified atom stereocenters. The van der Waals surface area contributed by atoms with Crippen molar-refractivity contribution in [2.24, 2.45) is 0 Å². The summed E-state index contributed by atoms with van der Waals surface area (Å²) in [6, 6.07) is 10.8. The van der Waals surface area contributed by atoms with E-state index in [9.17, 15) is 13.2 Å². The molecule has 0 saturated heterocycles. The van der Waals surface area contributed by atoms with Gasteiger partial charge in [-0.1, -0.05) is 12.1 Å². The SMILES string of the molecule is COc1ccc(N2Cc3ccc(COS(C)(=O)=O)cc3C2=O)cc1OC1CCCC1. The molecule has 0 bridgehead atoms. The summed E-state index contributed by atoms with van der Waals surface area (Å²) < 4.78 is 38.9. The van der Waals surface area contributed by atoms with Gasteiger partial charge >= 0.3 is 0 Å². The standard InChI is InChI=1S/C22H25NO6S/c1-27-20-10-9-17(12-21(20)29-18-5-3-4-6-18)23-13-16-8-7-15(11-19(16)22(23)24)14-28-30(2,25)26/h7-12,18H,3-6,13-14H2,1-2H3. The van der Waals surface area contributed by atoms with E-state index in [-0.39, 0.29) is 18.6 Å². The molecule has 1 amide bonds. The number of amides is 1. The smallest absolute Gasteiger partial charge is 0.264 e. The van der Waals surface area contributed by atoms with E-state index in [2.05, 4.69) is 0 Å². The van der Waals surface area contributed by atoms with Crippen LogP contribution in [0.2, 0.25) is 0 Å². The Morgan fingerprint density at radius 2 is 1.83 bits per heavy atom. The number of benzene rings is 2. The summed E-state index contributed by atoms with van der Waals surface area (Å²) in [7, 11) is -1.94. The second-order valence-corrected chi connectivity index (χ2v) is 9.35. The van der Waals surface area contributed by atoms with Crippen molar-refractivity contribution in [3.63, 3.8) is 0 Å². The van der Waals surface area contributed by atoms with E-state index >= 15 is 0 Å². The fourth-order valence-electron chi connectivity index (χ4n) is 3.93. The van der Waals surface area contributed by atoms with E-state index in [1.165, 1.54) is 0 Å². The number of ether oxygens (including phenoxy) is 2. The largest absolute Gasteiger partial charge is 0.493 e. The molecule has 1 saturated carbocycles. The first-order chi connectivity index (χ1) is 14.3. The molecule has 2 aliphatic rings. The van der Waals surface area contributed by atoms with Gasteiger partial charge in [0.15, 0.2) is 11.5 Å². The average Bonchev–Trinajstić information content (AvgIpc) is 3.34. The van der Waals surface area contributed by atoms with E-state index in [1.54, 1.807) is 24.1 Å². The first-order valence-electron chi connectivity index (χ1n) is 9.97. The fourth-order valence-corrected chi connectivity index (χ4v) is 4.28. The van der Waals surface area contributed by atoms with Crippen molar-refractivity contribution in [2.75, 3.05) is 18.3 Å². The maximum absolute atomic E-state index is 13.1. The molecule has 1 aliphatic heterocycles. The van der Waals surface area contributed by atoms with Crippen LogP contribution in [0.3, 0.4) is 0 Å². The Labute approximate surface area is 176 Å². The quantitative estimate of drug-likeness (QED) is 0.623. The molecular formula is C22H25NO6S. The number of carbonyl (C=O) groups excluding carboxylic acids is 1. The van der Waals surface area contributed by atoms with Gasteiger partial charge in [0.2, 0.25) is 0 Å². The van der Waals surface area contributed by atoms with Crippen LogP contribution in [0.25, 0.3) is 0 Å². The van der Waals surface area contributed by atoms with Crippen molar-refractivity contribution in [2.45, 2.75) is 44.9 Å². The molecule has 2 aromatic rings. The third-order valence-electron chi connectivity index (χ3n) is 5.47. The third-order valence-corrected chi connectivity index (χ3v) is 6.02. The van der Waals surface area contributed by atoms with Crippen molar-refractivity contribution < 1.29 is 26.9 Å². The van der Waals surface area contributed by atoms with Gasteiger partial charge in [-0.05, 0) is 55.0 Å². The lowest BCUT2D eigenvalue weighted by Gasteiger charge is -2.20. The first-order valence-corrected chi connectivity index (χ1v) is 11.8. The second kappa shape index (κ2) is 8.28. The third kappa shape index (κ3) is 4.44. The molecule has 1 fully saturated rings. The predicted molar refractivity (Wildman–Crippen MR) is 112 cm³/mol. The predicted octanol–water partition coefficient (Wildman–Crippen LogP) is 3.65. The van der Waals surface area contributed by atoms with E-state index in [0.29, 0.717) is 29.2 Å². The van der Waals surface area contributed by atoms with Crippen LogP contribution in [0.1, 0.15) is 47.2 Å². The normalized spacial score (nSPS) is 16.7. The molecule has 0 N–H and O–H groups in total. The van der Waals surface area contributed by atoms with Gasteiger partial charge in [0, 0.05) is 17.3 Å². The number of anilines is 1. The van der Waals surface area contributed by atoms with Crippen LogP contribution < -0.4 is 14.4 Å². The highest BCUT2D eigenvalue weighted by molar-refractivity contribution is 7.85. The van der Waals surface area contributed by atoms with Crippen molar-refractivity contribution in [3.05, 3.63) is 53.1 Å². The second-order valence-electron chi connectivity index (χ2n) is 7.71. The summed E-state index contributed by atoms with van der Waals surface area (Å²) in [6.07, 6.45) is 5.57. The highest BCUT2D eigenvalue weighted by Crippen LogP contribution is 2.37. The molecule has 0 spiro atoms. The van der Waals surface area contributed by atoms with E-state index < -0.39 is 10.1 Å². The summed E-state index contributed by atoms with van der Waals surface area (Å²) in [5, 5.41) is 0. The van der Waals surface area contributed by atoms with Crippen LogP contribution in [-0.4, -0.2) is 33.8 Å². The summed E-state index contributed by atoms with van der Waals surface area (Å²) >= 11 is 0. The monoisotopic (exact) mass is 431 g/mol. The van der Waals surface area contributed by atoms with Crippen molar-refractivity contribution in [1.29, 1.82) is 0 Å². The van der Waals surface area contributed by atoms with Gasteiger partial charge < -0.3 is 14.4 Å². The van der Waals surface area contributed by atoms with E-state index in [0.717, 1.165) is 43.2 Å². The van der Waals surface area contributed by atoms with Gasteiger partial charge in [-0.2, -0.15) is 8.42 Å². The van der Waals surface area contributed by atoms with Gasteiger partial charge in [-0.25, -0.2) is 0 Å². The maximum Gasteiger partial charge on any atom is 0.264 e. The molecule has 1 aliphatic carbocycles. The van der Waals surface area contributed by atoms with Crippen LogP contribution in [0, 0.1) is 0 Å². The number of carbonyl (C=O) groups is 1. The topological polar surface area (TPSA) is 82.1 Å². The number of hydrogen-bond donors (Lipinski definition) is 0. The Balaban J connectivity index is 1.56. The van der Waals surface area contributed by atoms with Crippen LogP contribution in [0.15, 0.2) is 36.4 Å².